The Balaban J connectivity index is 2.52. The van der Waals surface area contributed by atoms with Crippen molar-refractivity contribution in [3.63, 3.8) is 0 Å². The highest BCUT2D eigenvalue weighted by atomic mass is 19.4. The van der Waals surface area contributed by atoms with E-state index in [-0.39, 0.29) is 11.1 Å². The monoisotopic (exact) mass is 281 g/mol. The van der Waals surface area contributed by atoms with Crippen molar-refractivity contribution in [2.45, 2.75) is 6.36 Å². The van der Waals surface area contributed by atoms with Gasteiger partial charge in [-0.05, 0) is 35.9 Å². The van der Waals surface area contributed by atoms with Crippen LogP contribution in [0.5, 0.6) is 5.75 Å². The van der Waals surface area contributed by atoms with Gasteiger partial charge in [0.15, 0.2) is 0 Å². The fourth-order valence-electron chi connectivity index (χ4n) is 1.67. The maximum absolute atomic E-state index is 12.8. The molecule has 0 fully saturated rings. The summed E-state index contributed by atoms with van der Waals surface area (Å²) in [6.45, 7) is 0. The van der Waals surface area contributed by atoms with Crippen LogP contribution in [0.25, 0.3) is 11.1 Å². The van der Waals surface area contributed by atoms with Gasteiger partial charge in [0.2, 0.25) is 0 Å². The Bertz CT molecular complexity index is 656. The van der Waals surface area contributed by atoms with Crippen LogP contribution in [-0.4, -0.2) is 6.36 Å². The molecule has 0 aliphatic carbocycles. The smallest absolute Gasteiger partial charge is 0.405 e. The first-order valence-electron chi connectivity index (χ1n) is 5.45. The second-order valence-electron chi connectivity index (χ2n) is 3.88. The van der Waals surface area contributed by atoms with Crippen molar-refractivity contribution < 1.29 is 22.3 Å². The average molecular weight is 281 g/mol. The van der Waals surface area contributed by atoms with E-state index < -0.39 is 17.9 Å². The van der Waals surface area contributed by atoms with Gasteiger partial charge in [-0.2, -0.15) is 5.26 Å². The summed E-state index contributed by atoms with van der Waals surface area (Å²) in [5.74, 6) is -0.996. The largest absolute Gasteiger partial charge is 0.573 e. The lowest BCUT2D eigenvalue weighted by molar-refractivity contribution is -0.274. The third kappa shape index (κ3) is 3.26. The topological polar surface area (TPSA) is 33.0 Å². The molecule has 0 atom stereocenters. The van der Waals surface area contributed by atoms with Gasteiger partial charge in [0.25, 0.3) is 0 Å². The number of halogens is 4. The molecule has 0 bridgehead atoms. The zero-order valence-electron chi connectivity index (χ0n) is 9.91. The number of hydrogen-bond acceptors (Lipinski definition) is 2. The van der Waals surface area contributed by atoms with Crippen LogP contribution >= 0.6 is 0 Å². The molecule has 2 aromatic rings. The molecular weight excluding hydrogens is 274 g/mol. The Morgan fingerprint density at radius 1 is 1.00 bits per heavy atom. The Hall–Kier alpha value is -2.55. The van der Waals surface area contributed by atoms with Crippen LogP contribution in [0.4, 0.5) is 17.6 Å². The van der Waals surface area contributed by atoms with Crippen molar-refractivity contribution >= 4 is 0 Å². The van der Waals surface area contributed by atoms with Crippen molar-refractivity contribution in [3.05, 3.63) is 53.8 Å². The number of rotatable bonds is 2. The Morgan fingerprint density at radius 2 is 1.65 bits per heavy atom. The highest BCUT2D eigenvalue weighted by Crippen LogP contribution is 2.34. The van der Waals surface area contributed by atoms with Crippen LogP contribution in [0.1, 0.15) is 5.56 Å². The molecule has 0 radical (unpaired) electrons. The van der Waals surface area contributed by atoms with E-state index in [1.807, 2.05) is 0 Å². The molecule has 0 aromatic heterocycles. The lowest BCUT2D eigenvalue weighted by Gasteiger charge is -2.13. The zero-order valence-corrected chi connectivity index (χ0v) is 9.91. The number of ether oxygens (including phenoxy) is 1. The number of nitriles is 1. The molecule has 0 unspecified atom stereocenters. The van der Waals surface area contributed by atoms with Crippen LogP contribution in [0, 0.1) is 17.1 Å². The highest BCUT2D eigenvalue weighted by Gasteiger charge is 2.32. The molecule has 0 amide bonds. The molecule has 2 nitrogen and oxygen atoms in total. The number of alkyl halides is 3. The zero-order chi connectivity index (χ0) is 14.8. The third-order valence-corrected chi connectivity index (χ3v) is 2.49. The van der Waals surface area contributed by atoms with Gasteiger partial charge in [-0.15, -0.1) is 13.2 Å². The van der Waals surface area contributed by atoms with E-state index in [1.165, 1.54) is 24.3 Å². The predicted molar refractivity (Wildman–Crippen MR) is 63.2 cm³/mol. The van der Waals surface area contributed by atoms with Crippen LogP contribution in [0.2, 0.25) is 0 Å². The summed E-state index contributed by atoms with van der Waals surface area (Å²) in [5, 5.41) is 8.72. The Kier molecular flexibility index (Phi) is 3.61. The molecule has 2 aromatic carbocycles. The molecule has 0 saturated heterocycles. The Morgan fingerprint density at radius 3 is 2.20 bits per heavy atom. The first-order chi connectivity index (χ1) is 9.39. The van der Waals surface area contributed by atoms with E-state index in [0.717, 1.165) is 18.2 Å². The van der Waals surface area contributed by atoms with Gasteiger partial charge in [0, 0.05) is 5.56 Å². The molecule has 0 saturated carbocycles. The van der Waals surface area contributed by atoms with Gasteiger partial charge in [0.1, 0.15) is 11.6 Å². The molecule has 102 valence electrons. The van der Waals surface area contributed by atoms with Crippen LogP contribution < -0.4 is 4.74 Å². The SMILES string of the molecule is N#Cc1ccc(-c2ccc(F)cc2)c(OC(F)(F)F)c1. The van der Waals surface area contributed by atoms with E-state index in [1.54, 1.807) is 6.07 Å². The lowest BCUT2D eigenvalue weighted by atomic mass is 10.0. The first-order valence-corrected chi connectivity index (χ1v) is 5.45. The summed E-state index contributed by atoms with van der Waals surface area (Å²) in [6, 6.07) is 10.3. The quantitative estimate of drug-likeness (QED) is 0.770. The van der Waals surface area contributed by atoms with Crippen molar-refractivity contribution in [1.29, 1.82) is 5.26 Å². The fraction of sp³-hybridized carbons (Fsp3) is 0.0714. The van der Waals surface area contributed by atoms with E-state index in [9.17, 15) is 17.6 Å². The minimum atomic E-state index is -4.87. The average Bonchev–Trinajstić information content (AvgIpc) is 2.38. The van der Waals surface area contributed by atoms with Crippen molar-refractivity contribution in [2.75, 3.05) is 0 Å². The molecule has 0 aliphatic heterocycles. The van der Waals surface area contributed by atoms with E-state index in [4.69, 9.17) is 5.26 Å². The highest BCUT2D eigenvalue weighted by molar-refractivity contribution is 5.71. The van der Waals surface area contributed by atoms with Gasteiger partial charge in [-0.1, -0.05) is 12.1 Å². The molecule has 0 heterocycles. The van der Waals surface area contributed by atoms with E-state index in [0.29, 0.717) is 5.56 Å². The van der Waals surface area contributed by atoms with Crippen LogP contribution in [0.3, 0.4) is 0 Å². The standard InChI is InChI=1S/C14H7F4NO/c15-11-4-2-10(3-5-11)12-6-1-9(8-19)7-13(12)20-14(16,17)18/h1-7H. The minimum absolute atomic E-state index is 0.0371. The molecule has 6 heteroatoms. The molecule has 0 N–H and O–H groups in total. The fourth-order valence-corrected chi connectivity index (χ4v) is 1.67. The molecule has 0 spiro atoms. The Labute approximate surface area is 111 Å². The van der Waals surface area contributed by atoms with Gasteiger partial charge in [-0.25, -0.2) is 4.39 Å². The predicted octanol–water partition coefficient (Wildman–Crippen LogP) is 4.26. The van der Waals surface area contributed by atoms with Crippen molar-refractivity contribution in [2.24, 2.45) is 0 Å². The summed E-state index contributed by atoms with van der Waals surface area (Å²) in [7, 11) is 0. The minimum Gasteiger partial charge on any atom is -0.405 e. The molecule has 0 aliphatic rings. The van der Waals surface area contributed by atoms with E-state index in [2.05, 4.69) is 4.74 Å². The maximum atomic E-state index is 12.8. The number of nitrogens with zero attached hydrogens (tertiary/aromatic N) is 1. The van der Waals surface area contributed by atoms with Gasteiger partial charge in [0.05, 0.1) is 11.6 Å². The molecule has 20 heavy (non-hydrogen) atoms. The third-order valence-electron chi connectivity index (χ3n) is 2.49. The van der Waals surface area contributed by atoms with Gasteiger partial charge >= 0.3 is 6.36 Å². The van der Waals surface area contributed by atoms with E-state index >= 15 is 0 Å². The maximum Gasteiger partial charge on any atom is 0.573 e. The number of benzene rings is 2. The van der Waals surface area contributed by atoms with Crippen LogP contribution in [0.15, 0.2) is 42.5 Å². The van der Waals surface area contributed by atoms with Crippen LogP contribution in [-0.2, 0) is 0 Å². The van der Waals surface area contributed by atoms with Crippen molar-refractivity contribution in [1.82, 2.24) is 0 Å². The second-order valence-corrected chi connectivity index (χ2v) is 3.88. The normalized spacial score (nSPS) is 10.9. The summed E-state index contributed by atoms with van der Waals surface area (Å²) < 4.78 is 53.9. The summed E-state index contributed by atoms with van der Waals surface area (Å²) in [5.41, 5.74) is 0.520. The summed E-state index contributed by atoms with van der Waals surface area (Å²) >= 11 is 0. The molecular formula is C14H7F4NO. The lowest BCUT2D eigenvalue weighted by Crippen LogP contribution is -2.17. The van der Waals surface area contributed by atoms with Gasteiger partial charge < -0.3 is 4.74 Å². The summed E-state index contributed by atoms with van der Waals surface area (Å²) in [6.07, 6.45) is -4.87. The number of hydrogen-bond donors (Lipinski definition) is 0. The van der Waals surface area contributed by atoms with Gasteiger partial charge in [-0.3, -0.25) is 0 Å². The summed E-state index contributed by atoms with van der Waals surface area (Å²) in [4.78, 5) is 0. The van der Waals surface area contributed by atoms with Crippen molar-refractivity contribution in [3.8, 4) is 22.9 Å². The second kappa shape index (κ2) is 5.21. The molecule has 2 rings (SSSR count). The first kappa shape index (κ1) is 13.9.